The first-order valence-electron chi connectivity index (χ1n) is 6.36. The second-order valence-electron chi connectivity index (χ2n) is 4.27. The van der Waals surface area contributed by atoms with E-state index in [-0.39, 0.29) is 5.91 Å². The van der Waals surface area contributed by atoms with E-state index >= 15 is 0 Å². The van der Waals surface area contributed by atoms with Crippen LogP contribution in [0.1, 0.15) is 16.1 Å². The largest absolute Gasteiger partial charge is 0.490 e. The van der Waals surface area contributed by atoms with E-state index in [1.807, 2.05) is 19.1 Å². The third kappa shape index (κ3) is 3.55. The molecule has 0 radical (unpaired) electrons. The first kappa shape index (κ1) is 14.0. The number of carbonyl (C=O) groups is 1. The first-order valence-corrected chi connectivity index (χ1v) is 6.36. The molecule has 0 bridgehead atoms. The predicted molar refractivity (Wildman–Crippen MR) is 77.9 cm³/mol. The Balaban J connectivity index is 2.15. The number of nitrogens with two attached hydrogens (primary N) is 1. The molecule has 2 rings (SSSR count). The molecule has 0 aliphatic heterocycles. The van der Waals surface area contributed by atoms with Crippen molar-refractivity contribution in [1.82, 2.24) is 4.98 Å². The Kier molecular flexibility index (Phi) is 4.68. The van der Waals surface area contributed by atoms with Gasteiger partial charge < -0.3 is 15.8 Å². The van der Waals surface area contributed by atoms with Crippen molar-refractivity contribution in [2.24, 2.45) is 5.73 Å². The zero-order chi connectivity index (χ0) is 14.4. The van der Waals surface area contributed by atoms with Gasteiger partial charge in [0.25, 0.3) is 5.91 Å². The molecule has 1 aromatic carbocycles. The van der Waals surface area contributed by atoms with E-state index < -0.39 is 0 Å². The number of amides is 1. The molecule has 0 unspecified atom stereocenters. The molecule has 1 aromatic heterocycles. The summed E-state index contributed by atoms with van der Waals surface area (Å²) in [6, 6.07) is 10.7. The smallest absolute Gasteiger partial charge is 0.255 e. The first-order chi connectivity index (χ1) is 9.70. The topological polar surface area (TPSA) is 77.2 Å². The van der Waals surface area contributed by atoms with Crippen molar-refractivity contribution in [2.45, 2.75) is 6.92 Å². The fourth-order valence-electron chi connectivity index (χ4n) is 1.75. The van der Waals surface area contributed by atoms with Gasteiger partial charge in [-0.25, -0.2) is 0 Å². The maximum absolute atomic E-state index is 12.2. The van der Waals surface area contributed by atoms with Crippen LogP contribution < -0.4 is 15.8 Å². The van der Waals surface area contributed by atoms with E-state index in [4.69, 9.17) is 10.5 Å². The number of aromatic nitrogens is 1. The Labute approximate surface area is 117 Å². The van der Waals surface area contributed by atoms with Gasteiger partial charge in [-0.1, -0.05) is 12.1 Å². The highest BCUT2D eigenvalue weighted by atomic mass is 16.5. The average Bonchev–Trinajstić information content (AvgIpc) is 2.46. The molecule has 0 spiro atoms. The standard InChI is InChI=1S/C15H17N3O2/c1-11-10-12(6-8-17-11)15(19)18-13-4-2-3-5-14(13)20-9-7-16/h2-6,8,10H,7,9,16H2,1H3,(H,18,19). The summed E-state index contributed by atoms with van der Waals surface area (Å²) in [6.45, 7) is 2.67. The number of benzene rings is 1. The van der Waals surface area contributed by atoms with Gasteiger partial charge in [0.2, 0.25) is 0 Å². The summed E-state index contributed by atoms with van der Waals surface area (Å²) in [5, 5.41) is 2.83. The predicted octanol–water partition coefficient (Wildman–Crippen LogP) is 1.98. The van der Waals surface area contributed by atoms with E-state index in [1.165, 1.54) is 0 Å². The average molecular weight is 271 g/mol. The summed E-state index contributed by atoms with van der Waals surface area (Å²) in [5.41, 5.74) is 7.40. The second-order valence-corrected chi connectivity index (χ2v) is 4.27. The van der Waals surface area contributed by atoms with Gasteiger partial charge in [-0.3, -0.25) is 9.78 Å². The molecule has 0 aliphatic carbocycles. The van der Waals surface area contributed by atoms with Crippen molar-refractivity contribution in [3.63, 3.8) is 0 Å². The molecule has 0 fully saturated rings. The lowest BCUT2D eigenvalue weighted by Gasteiger charge is -2.12. The molecule has 20 heavy (non-hydrogen) atoms. The number of anilines is 1. The van der Waals surface area contributed by atoms with Gasteiger partial charge in [-0.15, -0.1) is 0 Å². The molecular weight excluding hydrogens is 254 g/mol. The minimum atomic E-state index is -0.195. The number of ether oxygens (including phenoxy) is 1. The van der Waals surface area contributed by atoms with Crippen molar-refractivity contribution < 1.29 is 9.53 Å². The summed E-state index contributed by atoms with van der Waals surface area (Å²) in [7, 11) is 0. The SMILES string of the molecule is Cc1cc(C(=O)Nc2ccccc2OCCN)ccn1. The van der Waals surface area contributed by atoms with Gasteiger partial charge in [-0.2, -0.15) is 0 Å². The van der Waals surface area contributed by atoms with E-state index in [1.54, 1.807) is 30.5 Å². The monoisotopic (exact) mass is 271 g/mol. The number of hydrogen-bond donors (Lipinski definition) is 2. The minimum Gasteiger partial charge on any atom is -0.490 e. The van der Waals surface area contributed by atoms with Crippen LogP contribution in [-0.4, -0.2) is 24.0 Å². The van der Waals surface area contributed by atoms with Crippen molar-refractivity contribution in [1.29, 1.82) is 0 Å². The summed E-state index contributed by atoms with van der Waals surface area (Å²) in [5.74, 6) is 0.413. The Hall–Kier alpha value is -2.40. The van der Waals surface area contributed by atoms with Gasteiger partial charge >= 0.3 is 0 Å². The fourth-order valence-corrected chi connectivity index (χ4v) is 1.75. The molecular formula is C15H17N3O2. The molecule has 0 saturated carbocycles. The van der Waals surface area contributed by atoms with Gasteiger partial charge in [0.15, 0.2) is 0 Å². The number of nitrogens with zero attached hydrogens (tertiary/aromatic N) is 1. The molecule has 0 aliphatic rings. The summed E-state index contributed by atoms with van der Waals surface area (Å²) >= 11 is 0. The van der Waals surface area contributed by atoms with E-state index in [9.17, 15) is 4.79 Å². The van der Waals surface area contributed by atoms with Crippen LogP contribution in [0.25, 0.3) is 0 Å². The molecule has 1 amide bonds. The van der Waals surface area contributed by atoms with Crippen molar-refractivity contribution in [2.75, 3.05) is 18.5 Å². The Bertz CT molecular complexity index is 599. The minimum absolute atomic E-state index is 0.195. The van der Waals surface area contributed by atoms with Crippen LogP contribution in [-0.2, 0) is 0 Å². The van der Waals surface area contributed by atoms with Crippen LogP contribution in [0.15, 0.2) is 42.6 Å². The molecule has 5 nitrogen and oxygen atoms in total. The molecule has 3 N–H and O–H groups in total. The van der Waals surface area contributed by atoms with Crippen LogP contribution >= 0.6 is 0 Å². The highest BCUT2D eigenvalue weighted by molar-refractivity contribution is 6.05. The van der Waals surface area contributed by atoms with Gasteiger partial charge in [0, 0.05) is 24.0 Å². The van der Waals surface area contributed by atoms with Gasteiger partial charge in [-0.05, 0) is 31.2 Å². The van der Waals surface area contributed by atoms with Crippen LogP contribution in [0.3, 0.4) is 0 Å². The highest BCUT2D eigenvalue weighted by Crippen LogP contribution is 2.24. The highest BCUT2D eigenvalue weighted by Gasteiger charge is 2.09. The van der Waals surface area contributed by atoms with E-state index in [0.717, 1.165) is 5.69 Å². The number of pyridine rings is 1. The Morgan fingerprint density at radius 3 is 2.90 bits per heavy atom. The second kappa shape index (κ2) is 6.68. The lowest BCUT2D eigenvalue weighted by atomic mass is 10.2. The normalized spacial score (nSPS) is 10.1. The van der Waals surface area contributed by atoms with Crippen molar-refractivity contribution in [3.8, 4) is 5.75 Å². The van der Waals surface area contributed by atoms with E-state index in [0.29, 0.717) is 30.2 Å². The molecule has 0 saturated heterocycles. The lowest BCUT2D eigenvalue weighted by molar-refractivity contribution is 0.102. The van der Waals surface area contributed by atoms with Crippen LogP contribution in [0.5, 0.6) is 5.75 Å². The number of carbonyl (C=O) groups excluding carboxylic acids is 1. The molecule has 2 aromatic rings. The molecule has 5 heteroatoms. The summed E-state index contributed by atoms with van der Waals surface area (Å²) in [4.78, 5) is 16.2. The van der Waals surface area contributed by atoms with Crippen LogP contribution in [0.2, 0.25) is 0 Å². The van der Waals surface area contributed by atoms with E-state index in [2.05, 4.69) is 10.3 Å². The van der Waals surface area contributed by atoms with Gasteiger partial charge in [0.1, 0.15) is 12.4 Å². The lowest BCUT2D eigenvalue weighted by Crippen LogP contribution is -2.15. The molecule has 104 valence electrons. The molecule has 1 heterocycles. The van der Waals surface area contributed by atoms with Crippen LogP contribution in [0, 0.1) is 6.92 Å². The Morgan fingerprint density at radius 2 is 2.15 bits per heavy atom. The van der Waals surface area contributed by atoms with Crippen molar-refractivity contribution in [3.05, 3.63) is 53.9 Å². The van der Waals surface area contributed by atoms with Gasteiger partial charge in [0.05, 0.1) is 5.69 Å². The van der Waals surface area contributed by atoms with Crippen molar-refractivity contribution >= 4 is 11.6 Å². The maximum atomic E-state index is 12.2. The quantitative estimate of drug-likeness (QED) is 0.871. The third-order valence-electron chi connectivity index (χ3n) is 2.67. The molecule has 0 atom stereocenters. The maximum Gasteiger partial charge on any atom is 0.255 e. The van der Waals surface area contributed by atoms with Crippen LogP contribution in [0.4, 0.5) is 5.69 Å². The third-order valence-corrected chi connectivity index (χ3v) is 2.67. The number of para-hydroxylation sites is 2. The summed E-state index contributed by atoms with van der Waals surface area (Å²) < 4.78 is 5.49. The number of rotatable bonds is 5. The Morgan fingerprint density at radius 1 is 1.35 bits per heavy atom. The summed E-state index contributed by atoms with van der Waals surface area (Å²) in [6.07, 6.45) is 1.61. The fraction of sp³-hybridized carbons (Fsp3) is 0.200. The zero-order valence-corrected chi connectivity index (χ0v) is 11.3. The number of aryl methyl sites for hydroxylation is 1. The number of hydrogen-bond acceptors (Lipinski definition) is 4. The number of nitrogens with one attached hydrogen (secondary N) is 1. The zero-order valence-electron chi connectivity index (χ0n) is 11.3.